The molecule has 0 aliphatic carbocycles. The third-order valence-electron chi connectivity index (χ3n) is 4.36. The average molecular weight is 350 g/mol. The third kappa shape index (κ3) is 3.26. The maximum Gasteiger partial charge on any atom is 0.418 e. The van der Waals surface area contributed by atoms with E-state index in [-0.39, 0.29) is 25.6 Å². The summed E-state index contributed by atoms with van der Waals surface area (Å²) in [5.74, 6) is -0.612. The SMILES string of the molecule is O=C([C@@H]1CC[C@@H]2CN1C(=O)N2OS(=O)(=O)O)N(O)C[C@H]1CCN1. The molecule has 11 nitrogen and oxygen atoms in total. The molecule has 3 N–H and O–H groups in total. The number of carbonyl (C=O) groups excluding carboxylic acids is 2. The lowest BCUT2D eigenvalue weighted by Crippen LogP contribution is -2.55. The van der Waals surface area contributed by atoms with E-state index in [0.29, 0.717) is 16.5 Å². The summed E-state index contributed by atoms with van der Waals surface area (Å²) in [7, 11) is -4.82. The van der Waals surface area contributed by atoms with Crippen molar-refractivity contribution in [3.63, 3.8) is 0 Å². The standard InChI is InChI=1S/C11H18N4O7S/c16-10(14(18)5-7-3-4-12-7)9-2-1-8-6-13(9)11(17)15(8)22-23(19,20)21/h7-9,12,18H,1-6H2,(H,19,20,21)/t7-,8-,9+/m1/s1. The summed E-state index contributed by atoms with van der Waals surface area (Å²) in [5, 5.41) is 14.1. The molecular formula is C11H18N4O7S. The number of amides is 3. The van der Waals surface area contributed by atoms with Gasteiger partial charge in [0.2, 0.25) is 0 Å². The van der Waals surface area contributed by atoms with Crippen molar-refractivity contribution in [3.05, 3.63) is 0 Å². The Hall–Kier alpha value is -1.47. The van der Waals surface area contributed by atoms with E-state index in [4.69, 9.17) is 4.55 Å². The summed E-state index contributed by atoms with van der Waals surface area (Å²) in [4.78, 5) is 25.7. The van der Waals surface area contributed by atoms with Crippen molar-refractivity contribution in [2.45, 2.75) is 37.4 Å². The highest BCUT2D eigenvalue weighted by atomic mass is 32.3. The van der Waals surface area contributed by atoms with E-state index in [1.165, 1.54) is 0 Å². The highest BCUT2D eigenvalue weighted by molar-refractivity contribution is 7.80. The lowest BCUT2D eigenvalue weighted by molar-refractivity contribution is -0.173. The Morgan fingerprint density at radius 3 is 2.65 bits per heavy atom. The first-order valence-electron chi connectivity index (χ1n) is 7.27. The van der Waals surface area contributed by atoms with Gasteiger partial charge in [0.1, 0.15) is 6.04 Å². The highest BCUT2D eigenvalue weighted by Gasteiger charge is 2.50. The second-order valence-corrected chi connectivity index (χ2v) is 6.87. The van der Waals surface area contributed by atoms with Crippen LogP contribution in [0.5, 0.6) is 0 Å². The highest BCUT2D eigenvalue weighted by Crippen LogP contribution is 2.31. The molecule has 0 aromatic carbocycles. The van der Waals surface area contributed by atoms with Crippen molar-refractivity contribution in [3.8, 4) is 0 Å². The predicted octanol–water partition coefficient (Wildman–Crippen LogP) is -1.43. The van der Waals surface area contributed by atoms with Crippen LogP contribution in [0.2, 0.25) is 0 Å². The number of nitrogens with one attached hydrogen (secondary N) is 1. The summed E-state index contributed by atoms with van der Waals surface area (Å²) < 4.78 is 34.6. The molecule has 12 heteroatoms. The van der Waals surface area contributed by atoms with Gasteiger partial charge in [-0.05, 0) is 25.8 Å². The van der Waals surface area contributed by atoms with Crippen molar-refractivity contribution < 1.29 is 32.1 Å². The van der Waals surface area contributed by atoms with Gasteiger partial charge in [-0.2, -0.15) is 13.5 Å². The van der Waals surface area contributed by atoms with Gasteiger partial charge in [0.15, 0.2) is 0 Å². The number of rotatable bonds is 5. The van der Waals surface area contributed by atoms with Gasteiger partial charge in [-0.15, -0.1) is 4.28 Å². The van der Waals surface area contributed by atoms with Crippen LogP contribution < -0.4 is 5.32 Å². The molecule has 0 aromatic rings. The second-order valence-electron chi connectivity index (χ2n) is 5.87. The zero-order valence-corrected chi connectivity index (χ0v) is 13.0. The summed E-state index contributed by atoms with van der Waals surface area (Å²) in [5.41, 5.74) is 0. The van der Waals surface area contributed by atoms with E-state index in [0.717, 1.165) is 17.9 Å². The second kappa shape index (κ2) is 5.87. The van der Waals surface area contributed by atoms with Crippen molar-refractivity contribution in [2.75, 3.05) is 19.6 Å². The fraction of sp³-hybridized carbons (Fsp3) is 0.818. The molecule has 130 valence electrons. The molecule has 3 aliphatic heterocycles. The summed E-state index contributed by atoms with van der Waals surface area (Å²) in [6, 6.07) is -2.22. The average Bonchev–Trinajstić information content (AvgIpc) is 2.66. The molecule has 23 heavy (non-hydrogen) atoms. The Morgan fingerprint density at radius 2 is 2.09 bits per heavy atom. The van der Waals surface area contributed by atoms with E-state index in [2.05, 4.69) is 9.60 Å². The number of hydroxylamine groups is 4. The molecule has 3 rings (SSSR count). The van der Waals surface area contributed by atoms with Crippen LogP contribution >= 0.6 is 0 Å². The van der Waals surface area contributed by atoms with E-state index in [9.17, 15) is 23.2 Å². The molecule has 3 heterocycles. The number of hydrogen-bond acceptors (Lipinski definition) is 7. The van der Waals surface area contributed by atoms with E-state index >= 15 is 0 Å². The molecular weight excluding hydrogens is 332 g/mol. The molecule has 0 aromatic heterocycles. The van der Waals surface area contributed by atoms with Gasteiger partial charge in [0, 0.05) is 12.6 Å². The monoisotopic (exact) mass is 350 g/mol. The number of carbonyl (C=O) groups is 2. The Kier molecular flexibility index (Phi) is 4.18. The predicted molar refractivity (Wildman–Crippen MR) is 73.3 cm³/mol. The van der Waals surface area contributed by atoms with E-state index < -0.39 is 34.4 Å². The first-order chi connectivity index (χ1) is 10.8. The van der Waals surface area contributed by atoms with Gasteiger partial charge < -0.3 is 10.2 Å². The van der Waals surface area contributed by atoms with Crippen LogP contribution in [-0.2, 0) is 19.5 Å². The fourth-order valence-corrected chi connectivity index (χ4v) is 3.45. The van der Waals surface area contributed by atoms with Gasteiger partial charge in [0.05, 0.1) is 12.6 Å². The van der Waals surface area contributed by atoms with Crippen LogP contribution in [0.15, 0.2) is 0 Å². The van der Waals surface area contributed by atoms with Crippen LogP contribution in [0.4, 0.5) is 4.79 Å². The van der Waals surface area contributed by atoms with Gasteiger partial charge in [0.25, 0.3) is 5.91 Å². The van der Waals surface area contributed by atoms with Crippen molar-refractivity contribution in [1.82, 2.24) is 20.3 Å². The number of piperidine rings is 1. The van der Waals surface area contributed by atoms with Crippen molar-refractivity contribution in [1.29, 1.82) is 0 Å². The Bertz CT molecular complexity index is 607. The summed E-state index contributed by atoms with van der Waals surface area (Å²) in [6.07, 6.45) is 1.45. The summed E-state index contributed by atoms with van der Waals surface area (Å²) in [6.45, 7) is 1.07. The lowest BCUT2D eigenvalue weighted by Gasteiger charge is -2.34. The number of urea groups is 1. The maximum atomic E-state index is 12.3. The number of nitrogens with zero attached hydrogens (tertiary/aromatic N) is 3. The normalized spacial score (nSPS) is 30.3. The smallest absolute Gasteiger partial charge is 0.312 e. The van der Waals surface area contributed by atoms with E-state index in [1.54, 1.807) is 0 Å². The van der Waals surface area contributed by atoms with Crippen LogP contribution in [0.1, 0.15) is 19.3 Å². The number of hydrogen-bond donors (Lipinski definition) is 3. The largest absolute Gasteiger partial charge is 0.418 e. The molecule has 3 fully saturated rings. The maximum absolute atomic E-state index is 12.3. The number of fused-ring (bicyclic) bond motifs is 2. The Morgan fingerprint density at radius 1 is 1.39 bits per heavy atom. The minimum absolute atomic E-state index is 0.0360. The molecule has 3 atom stereocenters. The molecule has 3 aliphatic rings. The van der Waals surface area contributed by atoms with Crippen molar-refractivity contribution >= 4 is 22.3 Å². The molecule has 0 unspecified atom stereocenters. The Balaban J connectivity index is 1.66. The first-order valence-corrected chi connectivity index (χ1v) is 8.63. The topological polar surface area (TPSA) is 140 Å². The molecule has 3 saturated heterocycles. The zero-order valence-electron chi connectivity index (χ0n) is 12.2. The summed E-state index contributed by atoms with van der Waals surface area (Å²) >= 11 is 0. The molecule has 0 saturated carbocycles. The minimum Gasteiger partial charge on any atom is -0.312 e. The van der Waals surface area contributed by atoms with Crippen LogP contribution in [0, 0.1) is 0 Å². The van der Waals surface area contributed by atoms with Gasteiger partial charge in [-0.1, -0.05) is 0 Å². The molecule has 0 spiro atoms. The molecule has 3 amide bonds. The van der Waals surface area contributed by atoms with Crippen LogP contribution in [0.3, 0.4) is 0 Å². The fourth-order valence-electron chi connectivity index (χ4n) is 3.06. The van der Waals surface area contributed by atoms with Crippen LogP contribution in [0.25, 0.3) is 0 Å². The minimum atomic E-state index is -4.82. The van der Waals surface area contributed by atoms with Gasteiger partial charge in [-0.25, -0.2) is 9.86 Å². The third-order valence-corrected chi connectivity index (χ3v) is 4.70. The molecule has 0 radical (unpaired) electrons. The zero-order chi connectivity index (χ0) is 16.8. The lowest BCUT2D eigenvalue weighted by atomic mass is 10.00. The molecule has 2 bridgehead atoms. The Labute approximate surface area is 132 Å². The van der Waals surface area contributed by atoms with Crippen molar-refractivity contribution in [2.24, 2.45) is 0 Å². The van der Waals surface area contributed by atoms with Gasteiger partial charge >= 0.3 is 16.4 Å². The van der Waals surface area contributed by atoms with Crippen LogP contribution in [-0.4, -0.2) is 82.9 Å². The van der Waals surface area contributed by atoms with E-state index in [1.807, 2.05) is 0 Å². The first kappa shape index (κ1) is 16.4. The van der Waals surface area contributed by atoms with Gasteiger partial charge in [-0.3, -0.25) is 14.6 Å². The quantitative estimate of drug-likeness (QED) is 0.311.